The average Bonchev–Trinajstić information content (AvgIpc) is 2.21. The van der Waals surface area contributed by atoms with Gasteiger partial charge in [-0.2, -0.15) is 0 Å². The van der Waals surface area contributed by atoms with E-state index in [1.165, 1.54) is 19.3 Å². The van der Waals surface area contributed by atoms with Crippen LogP contribution in [-0.2, 0) is 4.79 Å². The number of halogens is 1. The van der Waals surface area contributed by atoms with Crippen molar-refractivity contribution in [1.82, 2.24) is 4.90 Å². The van der Waals surface area contributed by atoms with E-state index in [0.717, 1.165) is 19.0 Å². The van der Waals surface area contributed by atoms with E-state index < -0.39 is 0 Å². The van der Waals surface area contributed by atoms with Gasteiger partial charge in [0.25, 0.3) is 0 Å². The Morgan fingerprint density at radius 1 is 1.38 bits per heavy atom. The highest BCUT2D eigenvalue weighted by atomic mass is 127. The average molecular weight is 297 g/mol. The number of hydrogen-bond donors (Lipinski definition) is 0. The monoisotopic (exact) mass is 297 g/mol. The van der Waals surface area contributed by atoms with Crippen LogP contribution in [0.3, 0.4) is 0 Å². The Bertz CT molecular complexity index is 142. The Kier molecular flexibility index (Phi) is 7.71. The number of piperidine rings is 1. The van der Waals surface area contributed by atoms with Gasteiger partial charge in [0, 0.05) is 20.0 Å². The summed E-state index contributed by atoms with van der Waals surface area (Å²) in [5.74, 6) is 1.10. The van der Waals surface area contributed by atoms with Crippen molar-refractivity contribution >= 4 is 28.5 Å². The maximum Gasteiger partial charge on any atom is 0.219 e. The first kappa shape index (κ1) is 13.2. The standard InChI is InChI=1S/C9H17NO.CH3I/c1-3-9-4-6-10(7-5-9)8(2)11;1-2/h9H,3-7H2,1-2H3;1H3. The summed E-state index contributed by atoms with van der Waals surface area (Å²) in [6, 6.07) is 0. The number of rotatable bonds is 1. The summed E-state index contributed by atoms with van der Waals surface area (Å²) in [6.07, 6.45) is 3.68. The molecule has 1 aliphatic heterocycles. The van der Waals surface area contributed by atoms with Gasteiger partial charge >= 0.3 is 0 Å². The summed E-state index contributed by atoms with van der Waals surface area (Å²) < 4.78 is 0. The van der Waals surface area contributed by atoms with Gasteiger partial charge in [-0.15, -0.1) is 0 Å². The van der Waals surface area contributed by atoms with E-state index in [4.69, 9.17) is 0 Å². The zero-order chi connectivity index (χ0) is 10.3. The number of carbonyl (C=O) groups is 1. The molecule has 0 atom stereocenters. The molecule has 0 aromatic heterocycles. The molecule has 0 N–H and O–H groups in total. The predicted molar refractivity (Wildman–Crippen MR) is 65.2 cm³/mol. The second kappa shape index (κ2) is 7.59. The Balaban J connectivity index is 0.000000671. The highest BCUT2D eigenvalue weighted by Crippen LogP contribution is 2.19. The van der Waals surface area contributed by atoms with Crippen LogP contribution in [-0.4, -0.2) is 28.8 Å². The Morgan fingerprint density at radius 3 is 2.15 bits per heavy atom. The van der Waals surface area contributed by atoms with Gasteiger partial charge in [-0.05, 0) is 23.7 Å². The van der Waals surface area contributed by atoms with Crippen LogP contribution in [0.2, 0.25) is 0 Å². The third kappa shape index (κ3) is 4.84. The molecule has 0 saturated carbocycles. The van der Waals surface area contributed by atoms with Gasteiger partial charge in [-0.25, -0.2) is 0 Å². The van der Waals surface area contributed by atoms with Crippen LogP contribution in [0.15, 0.2) is 0 Å². The molecular weight excluding hydrogens is 277 g/mol. The first-order valence-electron chi connectivity index (χ1n) is 4.87. The molecule has 0 aromatic rings. The van der Waals surface area contributed by atoms with Crippen LogP contribution in [0.25, 0.3) is 0 Å². The molecule has 0 aromatic carbocycles. The van der Waals surface area contributed by atoms with Crippen LogP contribution in [0.5, 0.6) is 0 Å². The maximum atomic E-state index is 10.9. The quantitative estimate of drug-likeness (QED) is 0.538. The Morgan fingerprint density at radius 2 is 1.85 bits per heavy atom. The second-order valence-electron chi connectivity index (χ2n) is 3.36. The first-order valence-corrected chi connectivity index (χ1v) is 7.03. The van der Waals surface area contributed by atoms with E-state index in [-0.39, 0.29) is 5.91 Å². The minimum atomic E-state index is 0.236. The molecule has 1 rings (SSSR count). The van der Waals surface area contributed by atoms with E-state index in [0.29, 0.717) is 0 Å². The summed E-state index contributed by atoms with van der Waals surface area (Å²) in [5, 5.41) is 0. The third-order valence-electron chi connectivity index (χ3n) is 2.64. The smallest absolute Gasteiger partial charge is 0.219 e. The van der Waals surface area contributed by atoms with Crippen LogP contribution >= 0.6 is 22.6 Å². The van der Waals surface area contributed by atoms with E-state index in [9.17, 15) is 4.79 Å². The summed E-state index contributed by atoms with van der Waals surface area (Å²) in [4.78, 5) is 14.8. The molecule has 2 nitrogen and oxygen atoms in total. The predicted octanol–water partition coefficient (Wildman–Crippen LogP) is 2.71. The van der Waals surface area contributed by atoms with E-state index in [2.05, 4.69) is 29.5 Å². The fourth-order valence-electron chi connectivity index (χ4n) is 1.66. The van der Waals surface area contributed by atoms with Gasteiger partial charge in [0.05, 0.1) is 0 Å². The minimum Gasteiger partial charge on any atom is -0.343 e. The van der Waals surface area contributed by atoms with E-state index in [1.807, 2.05) is 9.83 Å². The van der Waals surface area contributed by atoms with Crippen LogP contribution in [0.4, 0.5) is 0 Å². The number of alkyl halides is 1. The van der Waals surface area contributed by atoms with Gasteiger partial charge in [-0.1, -0.05) is 35.9 Å². The number of likely N-dealkylation sites (tertiary alicyclic amines) is 1. The lowest BCUT2D eigenvalue weighted by molar-refractivity contribution is -0.130. The highest BCUT2D eigenvalue weighted by Gasteiger charge is 2.18. The van der Waals surface area contributed by atoms with Crippen LogP contribution in [0, 0.1) is 5.92 Å². The lowest BCUT2D eigenvalue weighted by atomic mass is 9.94. The summed E-state index contributed by atoms with van der Waals surface area (Å²) >= 11 is 2.15. The molecule has 0 unspecified atom stereocenters. The fraction of sp³-hybridized carbons (Fsp3) is 0.900. The van der Waals surface area contributed by atoms with E-state index >= 15 is 0 Å². The van der Waals surface area contributed by atoms with Gasteiger partial charge in [0.2, 0.25) is 5.91 Å². The number of hydrogen-bond acceptors (Lipinski definition) is 1. The molecule has 1 aliphatic rings. The van der Waals surface area contributed by atoms with Crippen molar-refractivity contribution in [1.29, 1.82) is 0 Å². The third-order valence-corrected chi connectivity index (χ3v) is 2.64. The number of carbonyl (C=O) groups excluding carboxylic acids is 1. The summed E-state index contributed by atoms with van der Waals surface area (Å²) in [7, 11) is 0. The fourth-order valence-corrected chi connectivity index (χ4v) is 1.66. The SMILES string of the molecule is CCC1CCN(C(C)=O)CC1.CI. The van der Waals surface area contributed by atoms with Crippen molar-refractivity contribution in [3.8, 4) is 0 Å². The van der Waals surface area contributed by atoms with Crippen LogP contribution in [0.1, 0.15) is 33.1 Å². The van der Waals surface area contributed by atoms with Gasteiger partial charge < -0.3 is 4.90 Å². The number of amides is 1. The Labute approximate surface area is 95.2 Å². The lowest BCUT2D eigenvalue weighted by Crippen LogP contribution is -2.36. The molecule has 0 spiro atoms. The van der Waals surface area contributed by atoms with Crippen molar-refractivity contribution in [2.75, 3.05) is 18.0 Å². The molecule has 1 saturated heterocycles. The summed E-state index contributed by atoms with van der Waals surface area (Å²) in [5.41, 5.74) is 0. The minimum absolute atomic E-state index is 0.236. The Hall–Kier alpha value is 0.200. The molecule has 78 valence electrons. The molecule has 13 heavy (non-hydrogen) atoms. The van der Waals surface area contributed by atoms with Crippen molar-refractivity contribution < 1.29 is 4.79 Å². The van der Waals surface area contributed by atoms with Gasteiger partial charge in [-0.3, -0.25) is 4.79 Å². The molecule has 3 heteroatoms. The zero-order valence-electron chi connectivity index (χ0n) is 8.85. The first-order chi connectivity index (χ1) is 6.24. The van der Waals surface area contributed by atoms with Gasteiger partial charge in [0.15, 0.2) is 0 Å². The lowest BCUT2D eigenvalue weighted by Gasteiger charge is -2.30. The van der Waals surface area contributed by atoms with E-state index in [1.54, 1.807) is 6.92 Å². The van der Waals surface area contributed by atoms with Crippen molar-refractivity contribution in [3.05, 3.63) is 0 Å². The highest BCUT2D eigenvalue weighted by molar-refractivity contribution is 14.1. The van der Waals surface area contributed by atoms with Crippen LogP contribution < -0.4 is 0 Å². The topological polar surface area (TPSA) is 20.3 Å². The number of nitrogens with zero attached hydrogens (tertiary/aromatic N) is 1. The molecular formula is C10H20INO. The van der Waals surface area contributed by atoms with Crippen molar-refractivity contribution in [2.45, 2.75) is 33.1 Å². The molecule has 0 aliphatic carbocycles. The molecule has 1 fully saturated rings. The molecule has 0 bridgehead atoms. The maximum absolute atomic E-state index is 10.9. The largest absolute Gasteiger partial charge is 0.343 e. The van der Waals surface area contributed by atoms with Gasteiger partial charge in [0.1, 0.15) is 0 Å². The molecule has 1 heterocycles. The van der Waals surface area contributed by atoms with Crippen molar-refractivity contribution in [2.24, 2.45) is 5.92 Å². The normalized spacial score (nSPS) is 17.7. The molecule has 1 amide bonds. The second-order valence-corrected chi connectivity index (χ2v) is 3.36. The van der Waals surface area contributed by atoms with Crippen molar-refractivity contribution in [3.63, 3.8) is 0 Å². The molecule has 0 radical (unpaired) electrons. The zero-order valence-corrected chi connectivity index (χ0v) is 11.0. The summed E-state index contributed by atoms with van der Waals surface area (Å²) in [6.45, 7) is 5.85.